The number of halogens is 6. The fourth-order valence-corrected chi connectivity index (χ4v) is 2.11. The van der Waals surface area contributed by atoms with E-state index in [-0.39, 0.29) is 10.6 Å². The maximum absolute atomic E-state index is 12.3. The van der Waals surface area contributed by atoms with E-state index in [1.165, 1.54) is 11.6 Å². The van der Waals surface area contributed by atoms with E-state index in [2.05, 4.69) is 14.5 Å². The molecule has 0 atom stereocenters. The summed E-state index contributed by atoms with van der Waals surface area (Å²) in [6.45, 7) is 0. The van der Waals surface area contributed by atoms with Crippen molar-refractivity contribution in [3.63, 3.8) is 0 Å². The van der Waals surface area contributed by atoms with Crippen molar-refractivity contribution in [2.75, 3.05) is 0 Å². The van der Waals surface area contributed by atoms with E-state index in [1.807, 2.05) is 0 Å². The number of alkyl halides is 6. The lowest BCUT2D eigenvalue weighted by Crippen LogP contribution is -2.19. The van der Waals surface area contributed by atoms with Crippen molar-refractivity contribution in [1.29, 1.82) is 0 Å². The highest BCUT2D eigenvalue weighted by atomic mass is 32.1. The van der Waals surface area contributed by atoms with E-state index in [4.69, 9.17) is 0 Å². The summed E-state index contributed by atoms with van der Waals surface area (Å²) >= 11 is 1.01. The molecule has 1 aromatic heterocycles. The van der Waals surface area contributed by atoms with Gasteiger partial charge in [0.1, 0.15) is 16.5 Å². The van der Waals surface area contributed by atoms with Crippen molar-refractivity contribution >= 4 is 11.3 Å². The van der Waals surface area contributed by atoms with Crippen LogP contribution >= 0.6 is 11.3 Å². The fourth-order valence-electron chi connectivity index (χ4n) is 1.44. The predicted octanol–water partition coefficient (Wildman–Crippen LogP) is 4.61. The number of hydrogen-bond donors (Lipinski definition) is 0. The van der Waals surface area contributed by atoms with Crippen molar-refractivity contribution in [2.45, 2.75) is 12.7 Å². The van der Waals surface area contributed by atoms with Crippen LogP contribution in [0.3, 0.4) is 0 Å². The second-order valence-electron chi connectivity index (χ2n) is 3.59. The van der Waals surface area contributed by atoms with Gasteiger partial charge >= 0.3 is 12.7 Å². The first-order valence-electron chi connectivity index (χ1n) is 5.19. The van der Waals surface area contributed by atoms with Crippen LogP contribution in [0, 0.1) is 0 Å². The second-order valence-corrected chi connectivity index (χ2v) is 4.49. The standard InChI is InChI=1S/C11H5F6NO2S/c12-10(13,14)19-6-1-2-7(9-18-3-4-21-9)8(5-6)20-11(15,16)17/h1-5H. The molecule has 0 amide bonds. The highest BCUT2D eigenvalue weighted by Gasteiger charge is 2.34. The van der Waals surface area contributed by atoms with Crippen LogP contribution < -0.4 is 9.47 Å². The quantitative estimate of drug-likeness (QED) is 0.771. The van der Waals surface area contributed by atoms with Crippen molar-refractivity contribution in [3.05, 3.63) is 29.8 Å². The third-order valence-electron chi connectivity index (χ3n) is 2.08. The fraction of sp³-hybridized carbons (Fsp3) is 0.182. The predicted molar refractivity (Wildman–Crippen MR) is 60.9 cm³/mol. The summed E-state index contributed by atoms with van der Waals surface area (Å²) in [5.41, 5.74) is -0.0863. The third kappa shape index (κ3) is 4.52. The van der Waals surface area contributed by atoms with E-state index < -0.39 is 24.2 Å². The molecule has 0 saturated heterocycles. The Balaban J connectivity index is 2.41. The van der Waals surface area contributed by atoms with Gasteiger partial charge in [-0.2, -0.15) is 0 Å². The van der Waals surface area contributed by atoms with Crippen LogP contribution in [0.1, 0.15) is 0 Å². The maximum Gasteiger partial charge on any atom is 0.573 e. The lowest BCUT2D eigenvalue weighted by Gasteiger charge is -2.14. The van der Waals surface area contributed by atoms with Gasteiger partial charge in [-0.15, -0.1) is 37.7 Å². The van der Waals surface area contributed by atoms with Crippen LogP contribution in [-0.2, 0) is 0 Å². The number of aromatic nitrogens is 1. The van der Waals surface area contributed by atoms with Crippen molar-refractivity contribution in [1.82, 2.24) is 4.98 Å². The lowest BCUT2D eigenvalue weighted by molar-refractivity contribution is -0.276. The Kier molecular flexibility index (Phi) is 3.99. The monoisotopic (exact) mass is 329 g/mol. The molecule has 21 heavy (non-hydrogen) atoms. The van der Waals surface area contributed by atoms with Crippen molar-refractivity contribution in [2.24, 2.45) is 0 Å². The SMILES string of the molecule is FC(F)(F)Oc1ccc(-c2nccs2)c(OC(F)(F)F)c1. The summed E-state index contributed by atoms with van der Waals surface area (Å²) in [6.07, 6.45) is -8.72. The van der Waals surface area contributed by atoms with Gasteiger partial charge in [-0.3, -0.25) is 0 Å². The third-order valence-corrected chi connectivity index (χ3v) is 2.88. The van der Waals surface area contributed by atoms with Crippen molar-refractivity contribution < 1.29 is 35.8 Å². The molecule has 1 aromatic carbocycles. The number of thiazole rings is 1. The van der Waals surface area contributed by atoms with Gasteiger partial charge < -0.3 is 9.47 Å². The zero-order chi connectivity index (χ0) is 15.7. The van der Waals surface area contributed by atoms with Gasteiger partial charge in [0, 0.05) is 17.6 Å². The minimum absolute atomic E-state index is 0.0863. The van der Waals surface area contributed by atoms with Gasteiger partial charge in [-0.25, -0.2) is 4.98 Å². The first kappa shape index (κ1) is 15.4. The van der Waals surface area contributed by atoms with Crippen LogP contribution in [0.15, 0.2) is 29.8 Å². The average molecular weight is 329 g/mol. The molecule has 3 nitrogen and oxygen atoms in total. The molecule has 0 bridgehead atoms. The molecule has 2 rings (SSSR count). The van der Waals surface area contributed by atoms with Crippen LogP contribution in [0.5, 0.6) is 11.5 Å². The maximum atomic E-state index is 12.3. The molecule has 0 saturated carbocycles. The van der Waals surface area contributed by atoms with E-state index in [9.17, 15) is 26.3 Å². The Morgan fingerprint density at radius 2 is 1.62 bits per heavy atom. The smallest absolute Gasteiger partial charge is 0.406 e. The average Bonchev–Trinajstić information content (AvgIpc) is 2.78. The van der Waals surface area contributed by atoms with Crippen molar-refractivity contribution in [3.8, 4) is 22.1 Å². The van der Waals surface area contributed by atoms with E-state index in [0.717, 1.165) is 23.5 Å². The zero-order valence-electron chi connectivity index (χ0n) is 9.83. The van der Waals surface area contributed by atoms with Crippen LogP contribution in [0.2, 0.25) is 0 Å². The van der Waals surface area contributed by atoms with Gasteiger partial charge in [0.2, 0.25) is 0 Å². The van der Waals surface area contributed by atoms with Crippen LogP contribution in [0.4, 0.5) is 26.3 Å². The molecule has 0 aliphatic rings. The highest BCUT2D eigenvalue weighted by molar-refractivity contribution is 7.13. The summed E-state index contributed by atoms with van der Waals surface area (Å²) in [7, 11) is 0. The van der Waals surface area contributed by atoms with Gasteiger partial charge in [-0.1, -0.05) is 0 Å². The molecular formula is C11H5F6NO2S. The molecule has 0 N–H and O–H groups in total. The molecule has 0 aliphatic carbocycles. The summed E-state index contributed by atoms with van der Waals surface area (Å²) in [5.74, 6) is -1.64. The Morgan fingerprint density at radius 3 is 2.14 bits per heavy atom. The summed E-state index contributed by atoms with van der Waals surface area (Å²) in [4.78, 5) is 3.79. The molecular weight excluding hydrogens is 324 g/mol. The van der Waals surface area contributed by atoms with Crippen LogP contribution in [-0.4, -0.2) is 17.7 Å². The Hall–Kier alpha value is -1.97. The Morgan fingerprint density at radius 1 is 0.952 bits per heavy atom. The van der Waals surface area contributed by atoms with Gasteiger partial charge in [0.05, 0.1) is 5.56 Å². The highest BCUT2D eigenvalue weighted by Crippen LogP contribution is 2.38. The molecule has 10 heteroatoms. The Labute approximate surface area is 117 Å². The van der Waals surface area contributed by atoms with Gasteiger partial charge in [0.15, 0.2) is 0 Å². The molecule has 114 valence electrons. The zero-order valence-corrected chi connectivity index (χ0v) is 10.6. The first-order chi connectivity index (χ1) is 9.64. The number of benzene rings is 1. The minimum Gasteiger partial charge on any atom is -0.406 e. The molecule has 1 heterocycles. The number of rotatable bonds is 3. The summed E-state index contributed by atoms with van der Waals surface area (Å²) in [5, 5.41) is 1.68. The minimum atomic E-state index is -5.05. The second kappa shape index (κ2) is 5.43. The van der Waals surface area contributed by atoms with Gasteiger partial charge in [-0.05, 0) is 12.1 Å². The van der Waals surface area contributed by atoms with Crippen LogP contribution in [0.25, 0.3) is 10.6 Å². The largest absolute Gasteiger partial charge is 0.573 e. The number of nitrogens with zero attached hydrogens (tertiary/aromatic N) is 1. The van der Waals surface area contributed by atoms with E-state index >= 15 is 0 Å². The number of ether oxygens (including phenoxy) is 2. The lowest BCUT2D eigenvalue weighted by atomic mass is 10.2. The molecule has 0 radical (unpaired) electrons. The number of hydrogen-bond acceptors (Lipinski definition) is 4. The summed E-state index contributed by atoms with van der Waals surface area (Å²) < 4.78 is 80.6. The summed E-state index contributed by atoms with van der Waals surface area (Å²) in [6, 6.07) is 2.41. The normalized spacial score (nSPS) is 12.3. The van der Waals surface area contributed by atoms with Gasteiger partial charge in [0.25, 0.3) is 0 Å². The molecule has 2 aromatic rings. The molecule has 0 spiro atoms. The van der Waals surface area contributed by atoms with E-state index in [1.54, 1.807) is 0 Å². The first-order valence-corrected chi connectivity index (χ1v) is 6.07. The molecule has 0 aliphatic heterocycles. The molecule has 0 fully saturated rings. The Bertz CT molecular complexity index is 608. The van der Waals surface area contributed by atoms with E-state index in [0.29, 0.717) is 6.07 Å². The molecule has 0 unspecified atom stereocenters. The topological polar surface area (TPSA) is 31.4 Å².